The second-order valence-electron chi connectivity index (χ2n) is 7.63. The van der Waals surface area contributed by atoms with Crippen LogP contribution in [-0.2, 0) is 23.5 Å². The Balaban J connectivity index is 0.000000226. The first kappa shape index (κ1) is 30.8. The average Bonchev–Trinajstić information content (AvgIpc) is 2.89. The van der Waals surface area contributed by atoms with Gasteiger partial charge in [0.15, 0.2) is 0 Å². The third-order valence-corrected chi connectivity index (χ3v) is 5.06. The number of aliphatic imine (C=N–C) groups is 1. The van der Waals surface area contributed by atoms with Crippen molar-refractivity contribution in [1.82, 2.24) is 15.0 Å². The fraction of sp³-hybridized carbons (Fsp3) is 0.111. The van der Waals surface area contributed by atoms with Crippen LogP contribution in [0.25, 0.3) is 21.8 Å². The molecule has 0 aliphatic heterocycles. The molecular weight excluding hydrogens is 559 g/mol. The van der Waals surface area contributed by atoms with Crippen molar-refractivity contribution < 1.29 is 51.1 Å². The van der Waals surface area contributed by atoms with E-state index in [0.717, 1.165) is 39.6 Å². The number of halogens is 1. The van der Waals surface area contributed by atoms with Gasteiger partial charge < -0.3 is 5.11 Å². The molecule has 0 spiro atoms. The molecule has 38 heavy (non-hydrogen) atoms. The molecule has 0 amide bonds. The fourth-order valence-corrected chi connectivity index (χ4v) is 3.41. The zero-order valence-corrected chi connectivity index (χ0v) is 21.9. The first-order valence-electron chi connectivity index (χ1n) is 11.1. The van der Waals surface area contributed by atoms with Crippen LogP contribution in [0, 0.1) is 10.2 Å². The second kappa shape index (κ2) is 15.1. The number of hydrogen-bond acceptors (Lipinski definition) is 9. The zero-order valence-electron chi connectivity index (χ0n) is 20.2. The van der Waals surface area contributed by atoms with Crippen LogP contribution >= 0.6 is 0 Å². The number of benzene rings is 2. The maximum Gasteiger partial charge on any atom is 2.00 e. The predicted octanol–water partition coefficient (Wildman–Crippen LogP) is 0.231. The summed E-state index contributed by atoms with van der Waals surface area (Å²) in [4.78, 5) is 17.4. The summed E-state index contributed by atoms with van der Waals surface area (Å²) >= 11 is 0. The molecule has 1 radical (unpaired) electrons. The Kier molecular flexibility index (Phi) is 12.2. The topological polar surface area (TPSA) is 166 Å². The third kappa shape index (κ3) is 10.1. The molecule has 0 N–H and O–H groups in total. The van der Waals surface area contributed by atoms with Crippen molar-refractivity contribution in [2.75, 3.05) is 6.54 Å². The molecule has 0 saturated carbocycles. The fourth-order valence-electron chi connectivity index (χ4n) is 3.41. The van der Waals surface area contributed by atoms with Crippen LogP contribution in [0.2, 0.25) is 0 Å². The van der Waals surface area contributed by atoms with Gasteiger partial charge in [0.2, 0.25) is 0 Å². The van der Waals surface area contributed by atoms with E-state index in [1.807, 2.05) is 49.4 Å². The Morgan fingerprint density at radius 2 is 1.24 bits per heavy atom. The van der Waals surface area contributed by atoms with Gasteiger partial charge in [-0.1, -0.05) is 60.3 Å². The van der Waals surface area contributed by atoms with Gasteiger partial charge >= 0.3 is 17.1 Å². The number of hydrogen-bond donors (Lipinski definition) is 0. The number of para-hydroxylation sites is 1. The van der Waals surface area contributed by atoms with E-state index in [1.165, 1.54) is 0 Å². The minimum absolute atomic E-state index is 0. The van der Waals surface area contributed by atoms with E-state index in [0.29, 0.717) is 12.1 Å². The maximum atomic E-state index is 11.6. The SMILES string of the molecule is CC(=NCCc1ccccn1)c1ccccc1[O-].[Cu+2].[O-][Cl+3]([O-])([O-])[O-].c1cnc2c(c1)ccc1cccnc12. The summed E-state index contributed by atoms with van der Waals surface area (Å²) in [6.07, 6.45) is 6.17. The van der Waals surface area contributed by atoms with Gasteiger partial charge in [-0.3, -0.25) is 19.9 Å². The quantitative estimate of drug-likeness (QED) is 0.165. The minimum atomic E-state index is -4.94. The second-order valence-corrected chi connectivity index (χ2v) is 8.38. The van der Waals surface area contributed by atoms with Gasteiger partial charge in [0.05, 0.1) is 11.0 Å². The van der Waals surface area contributed by atoms with Crippen molar-refractivity contribution in [3.8, 4) is 5.75 Å². The van der Waals surface area contributed by atoms with Crippen molar-refractivity contribution in [3.05, 3.63) is 109 Å². The number of nitrogens with zero attached hydrogens (tertiary/aromatic N) is 4. The molecule has 199 valence electrons. The van der Waals surface area contributed by atoms with Crippen LogP contribution in [0.3, 0.4) is 0 Å². The van der Waals surface area contributed by atoms with E-state index in [1.54, 1.807) is 30.7 Å². The standard InChI is InChI=1S/C15H16N2O.C12H8N2.ClHO4.Cu/c1-12(14-7-2-3-8-15(14)18)16-11-9-13-6-4-5-10-17-13;1-3-9-5-6-10-4-2-8-14-12(10)11(9)13-7-1;2-1(3,4)5;/h2-8,10,18H,9,11H2,1H3;1-8H;(H,2,3,4,5);/q;;;+2/p-2. The van der Waals surface area contributed by atoms with Crippen LogP contribution in [0.1, 0.15) is 18.2 Å². The van der Waals surface area contributed by atoms with Gasteiger partial charge in [-0.05, 0) is 36.8 Å². The molecular formula is C27H23ClCuN4O5. The summed E-state index contributed by atoms with van der Waals surface area (Å²) in [6, 6.07) is 24.9. The van der Waals surface area contributed by atoms with Crippen LogP contribution < -0.4 is 23.7 Å². The zero-order chi connectivity index (χ0) is 26.7. The van der Waals surface area contributed by atoms with Gasteiger partial charge in [-0.2, -0.15) is 0 Å². The smallest absolute Gasteiger partial charge is 0.872 e. The molecule has 5 aromatic rings. The Labute approximate surface area is 232 Å². The van der Waals surface area contributed by atoms with Crippen molar-refractivity contribution in [1.29, 1.82) is 0 Å². The summed E-state index contributed by atoms with van der Waals surface area (Å²) < 4.78 is 34.0. The summed E-state index contributed by atoms with van der Waals surface area (Å²) in [5, 5.41) is 13.9. The Morgan fingerprint density at radius 3 is 1.76 bits per heavy atom. The molecule has 0 aliphatic carbocycles. The van der Waals surface area contributed by atoms with E-state index in [2.05, 4.69) is 44.2 Å². The molecule has 3 heterocycles. The van der Waals surface area contributed by atoms with E-state index in [-0.39, 0.29) is 22.8 Å². The Hall–Kier alpha value is -3.47. The van der Waals surface area contributed by atoms with Crippen LogP contribution in [0.4, 0.5) is 0 Å². The predicted molar refractivity (Wildman–Crippen MR) is 128 cm³/mol. The molecule has 0 saturated heterocycles. The van der Waals surface area contributed by atoms with Crippen LogP contribution in [0.15, 0.2) is 102 Å². The van der Waals surface area contributed by atoms with Gasteiger partial charge in [0.25, 0.3) is 0 Å². The number of rotatable bonds is 4. The Bertz CT molecular complexity index is 1410. The van der Waals surface area contributed by atoms with Gasteiger partial charge in [-0.25, -0.2) is 18.6 Å². The minimum Gasteiger partial charge on any atom is -0.872 e. The van der Waals surface area contributed by atoms with Crippen molar-refractivity contribution in [2.24, 2.45) is 4.99 Å². The largest absolute Gasteiger partial charge is 2.00 e. The maximum absolute atomic E-state index is 11.6. The van der Waals surface area contributed by atoms with E-state index < -0.39 is 10.2 Å². The first-order valence-corrected chi connectivity index (χ1v) is 12.3. The number of fused-ring (bicyclic) bond motifs is 3. The Morgan fingerprint density at radius 1 is 0.711 bits per heavy atom. The monoisotopic (exact) mass is 581 g/mol. The normalized spacial score (nSPS) is 11.0. The average molecular weight is 583 g/mol. The van der Waals surface area contributed by atoms with Gasteiger partial charge in [0.1, 0.15) is 0 Å². The summed E-state index contributed by atoms with van der Waals surface area (Å²) in [5.74, 6) is 0.0246. The molecule has 5 rings (SSSR count). The molecule has 3 aromatic heterocycles. The molecule has 9 nitrogen and oxygen atoms in total. The third-order valence-electron chi connectivity index (χ3n) is 5.06. The molecule has 0 atom stereocenters. The van der Waals surface area contributed by atoms with Crippen molar-refractivity contribution in [2.45, 2.75) is 13.3 Å². The summed E-state index contributed by atoms with van der Waals surface area (Å²) in [7, 11) is -4.94. The summed E-state index contributed by atoms with van der Waals surface area (Å²) in [6.45, 7) is 2.52. The molecule has 11 heteroatoms. The van der Waals surface area contributed by atoms with E-state index in [4.69, 9.17) is 18.6 Å². The molecule has 0 aliphatic rings. The number of pyridine rings is 3. The molecule has 0 unspecified atom stereocenters. The van der Waals surface area contributed by atoms with Crippen molar-refractivity contribution >= 4 is 27.5 Å². The van der Waals surface area contributed by atoms with Crippen LogP contribution in [0.5, 0.6) is 5.75 Å². The van der Waals surface area contributed by atoms with Gasteiger partial charge in [-0.15, -0.1) is 10.2 Å². The molecule has 0 bridgehead atoms. The van der Waals surface area contributed by atoms with E-state index >= 15 is 0 Å². The molecule has 2 aromatic carbocycles. The number of aromatic nitrogens is 3. The summed E-state index contributed by atoms with van der Waals surface area (Å²) in [5.41, 5.74) is 4.44. The van der Waals surface area contributed by atoms with Crippen LogP contribution in [-0.4, -0.2) is 27.2 Å². The van der Waals surface area contributed by atoms with Crippen molar-refractivity contribution in [3.63, 3.8) is 0 Å². The first-order chi connectivity index (χ1) is 17.7. The van der Waals surface area contributed by atoms with Gasteiger partial charge in [0, 0.05) is 53.7 Å². The molecule has 0 fully saturated rings. The van der Waals surface area contributed by atoms with E-state index in [9.17, 15) is 5.11 Å².